The van der Waals surface area contributed by atoms with Crippen LogP contribution in [0.4, 0.5) is 0 Å². The molecule has 0 saturated carbocycles. The SMILES string of the molecule is CCCC(C)Sc1nnnn1-c1ccccc1. The molecule has 0 bridgehead atoms. The Morgan fingerprint density at radius 3 is 2.76 bits per heavy atom. The monoisotopic (exact) mass is 248 g/mol. The van der Waals surface area contributed by atoms with E-state index >= 15 is 0 Å². The molecule has 17 heavy (non-hydrogen) atoms. The Morgan fingerprint density at radius 1 is 1.29 bits per heavy atom. The summed E-state index contributed by atoms with van der Waals surface area (Å²) >= 11 is 1.72. The predicted octanol–water partition coefficient (Wildman–Crippen LogP) is 2.94. The summed E-state index contributed by atoms with van der Waals surface area (Å²) in [7, 11) is 0. The number of aromatic nitrogens is 4. The van der Waals surface area contributed by atoms with Crippen molar-refractivity contribution in [3.8, 4) is 5.69 Å². The Morgan fingerprint density at radius 2 is 2.06 bits per heavy atom. The van der Waals surface area contributed by atoms with Gasteiger partial charge in [0.05, 0.1) is 5.69 Å². The third-order valence-corrected chi connectivity index (χ3v) is 3.55. The van der Waals surface area contributed by atoms with Crippen LogP contribution in [-0.2, 0) is 0 Å². The van der Waals surface area contributed by atoms with Gasteiger partial charge in [0.15, 0.2) is 0 Å². The average Bonchev–Trinajstić information content (AvgIpc) is 2.78. The van der Waals surface area contributed by atoms with Crippen LogP contribution < -0.4 is 0 Å². The van der Waals surface area contributed by atoms with Crippen molar-refractivity contribution in [2.75, 3.05) is 0 Å². The maximum Gasteiger partial charge on any atom is 0.214 e. The molecule has 0 spiro atoms. The number of tetrazole rings is 1. The van der Waals surface area contributed by atoms with Gasteiger partial charge < -0.3 is 0 Å². The van der Waals surface area contributed by atoms with Gasteiger partial charge in [0, 0.05) is 5.25 Å². The van der Waals surface area contributed by atoms with Gasteiger partial charge in [0.2, 0.25) is 5.16 Å². The Balaban J connectivity index is 2.18. The maximum absolute atomic E-state index is 4.08. The van der Waals surface area contributed by atoms with Gasteiger partial charge in [0.25, 0.3) is 0 Å². The molecule has 1 atom stereocenters. The van der Waals surface area contributed by atoms with E-state index in [1.54, 1.807) is 16.4 Å². The van der Waals surface area contributed by atoms with Gasteiger partial charge in [-0.15, -0.1) is 5.10 Å². The highest BCUT2D eigenvalue weighted by Crippen LogP contribution is 2.25. The summed E-state index contributed by atoms with van der Waals surface area (Å²) in [4.78, 5) is 0. The molecule has 1 unspecified atom stereocenters. The quantitative estimate of drug-likeness (QED) is 0.763. The highest BCUT2D eigenvalue weighted by molar-refractivity contribution is 7.99. The molecular weight excluding hydrogens is 232 g/mol. The van der Waals surface area contributed by atoms with Crippen LogP contribution in [0.25, 0.3) is 5.69 Å². The van der Waals surface area contributed by atoms with E-state index in [-0.39, 0.29) is 0 Å². The molecule has 1 aromatic heterocycles. The summed E-state index contributed by atoms with van der Waals surface area (Å²) in [5.41, 5.74) is 1.00. The smallest absolute Gasteiger partial charge is 0.188 e. The van der Waals surface area contributed by atoms with Crippen LogP contribution >= 0.6 is 11.8 Å². The Labute approximate surface area is 105 Å². The zero-order valence-electron chi connectivity index (χ0n) is 10.1. The molecule has 2 rings (SSSR count). The summed E-state index contributed by atoms with van der Waals surface area (Å²) in [6.45, 7) is 4.40. The van der Waals surface area contributed by atoms with E-state index in [4.69, 9.17) is 0 Å². The third-order valence-electron chi connectivity index (χ3n) is 2.44. The zero-order valence-corrected chi connectivity index (χ0v) is 10.9. The zero-order chi connectivity index (χ0) is 12.1. The number of hydrogen-bond donors (Lipinski definition) is 0. The number of nitrogens with zero attached hydrogens (tertiary/aromatic N) is 4. The lowest BCUT2D eigenvalue weighted by Crippen LogP contribution is -2.02. The summed E-state index contributed by atoms with van der Waals surface area (Å²) in [5.74, 6) is 0. The van der Waals surface area contributed by atoms with Gasteiger partial charge in [-0.05, 0) is 29.0 Å². The molecule has 0 radical (unpaired) electrons. The highest BCUT2D eigenvalue weighted by atomic mass is 32.2. The lowest BCUT2D eigenvalue weighted by Gasteiger charge is -2.09. The summed E-state index contributed by atoms with van der Waals surface area (Å²) in [6, 6.07) is 9.97. The van der Waals surface area contributed by atoms with Crippen molar-refractivity contribution >= 4 is 11.8 Å². The van der Waals surface area contributed by atoms with E-state index in [2.05, 4.69) is 29.4 Å². The number of thioether (sulfide) groups is 1. The minimum atomic E-state index is 0.536. The van der Waals surface area contributed by atoms with E-state index in [1.165, 1.54) is 12.8 Å². The molecular formula is C12H16N4S. The van der Waals surface area contributed by atoms with Crippen LogP contribution in [-0.4, -0.2) is 25.5 Å². The fraction of sp³-hybridized carbons (Fsp3) is 0.417. The average molecular weight is 248 g/mol. The lowest BCUT2D eigenvalue weighted by molar-refractivity contribution is 0.746. The molecule has 1 heterocycles. The molecule has 0 N–H and O–H groups in total. The molecule has 0 amide bonds. The number of para-hydroxylation sites is 1. The minimum absolute atomic E-state index is 0.536. The number of benzene rings is 1. The van der Waals surface area contributed by atoms with Gasteiger partial charge in [-0.25, -0.2) is 0 Å². The molecule has 2 aromatic rings. The van der Waals surface area contributed by atoms with Crippen LogP contribution in [0.2, 0.25) is 0 Å². The third kappa shape index (κ3) is 3.06. The van der Waals surface area contributed by atoms with E-state index < -0.39 is 0 Å². The molecule has 0 fully saturated rings. The maximum atomic E-state index is 4.08. The van der Waals surface area contributed by atoms with E-state index in [0.29, 0.717) is 5.25 Å². The lowest BCUT2D eigenvalue weighted by atomic mass is 10.3. The fourth-order valence-electron chi connectivity index (χ4n) is 1.63. The second-order valence-corrected chi connectivity index (χ2v) is 5.33. The van der Waals surface area contributed by atoms with E-state index in [1.807, 2.05) is 30.3 Å². The van der Waals surface area contributed by atoms with Crippen LogP contribution in [0.1, 0.15) is 26.7 Å². The predicted molar refractivity (Wildman–Crippen MR) is 69.4 cm³/mol. The molecule has 90 valence electrons. The van der Waals surface area contributed by atoms with Gasteiger partial charge in [0.1, 0.15) is 0 Å². The molecule has 0 aliphatic rings. The Hall–Kier alpha value is -1.36. The Bertz CT molecular complexity index is 455. The van der Waals surface area contributed by atoms with Crippen LogP contribution in [0.5, 0.6) is 0 Å². The van der Waals surface area contributed by atoms with E-state index in [9.17, 15) is 0 Å². The van der Waals surface area contributed by atoms with Crippen LogP contribution in [0.3, 0.4) is 0 Å². The van der Waals surface area contributed by atoms with Crippen molar-refractivity contribution in [3.63, 3.8) is 0 Å². The first kappa shape index (κ1) is 12.1. The van der Waals surface area contributed by atoms with Gasteiger partial charge in [-0.1, -0.05) is 50.2 Å². The Kier molecular flexibility index (Phi) is 4.14. The number of rotatable bonds is 5. The highest BCUT2D eigenvalue weighted by Gasteiger charge is 2.12. The summed E-state index contributed by atoms with van der Waals surface area (Å²) in [6.07, 6.45) is 2.35. The van der Waals surface area contributed by atoms with Crippen molar-refractivity contribution in [1.82, 2.24) is 20.2 Å². The standard InChI is InChI=1S/C12H16N4S/c1-3-7-10(2)17-12-13-14-15-16(12)11-8-5-4-6-9-11/h4-6,8-10H,3,7H2,1-2H3. The first-order valence-electron chi connectivity index (χ1n) is 5.81. The normalized spacial score (nSPS) is 12.6. The minimum Gasteiger partial charge on any atom is -0.188 e. The molecule has 4 nitrogen and oxygen atoms in total. The molecule has 5 heteroatoms. The van der Waals surface area contributed by atoms with Gasteiger partial charge in [-0.3, -0.25) is 0 Å². The van der Waals surface area contributed by atoms with Crippen molar-refractivity contribution in [1.29, 1.82) is 0 Å². The first-order chi connectivity index (χ1) is 8.31. The van der Waals surface area contributed by atoms with Gasteiger partial charge >= 0.3 is 0 Å². The van der Waals surface area contributed by atoms with Gasteiger partial charge in [-0.2, -0.15) is 4.68 Å². The summed E-state index contributed by atoms with van der Waals surface area (Å²) < 4.78 is 1.79. The fourth-order valence-corrected chi connectivity index (χ4v) is 2.67. The molecule has 1 aromatic carbocycles. The second-order valence-electron chi connectivity index (χ2n) is 3.93. The van der Waals surface area contributed by atoms with Crippen molar-refractivity contribution in [2.45, 2.75) is 37.1 Å². The largest absolute Gasteiger partial charge is 0.214 e. The van der Waals surface area contributed by atoms with Crippen molar-refractivity contribution < 1.29 is 0 Å². The van der Waals surface area contributed by atoms with Crippen molar-refractivity contribution in [2.24, 2.45) is 0 Å². The molecule has 0 saturated heterocycles. The second kappa shape index (κ2) is 5.82. The van der Waals surface area contributed by atoms with Crippen LogP contribution in [0.15, 0.2) is 35.5 Å². The molecule has 0 aliphatic heterocycles. The van der Waals surface area contributed by atoms with Crippen LogP contribution in [0, 0.1) is 0 Å². The van der Waals surface area contributed by atoms with Crippen molar-refractivity contribution in [3.05, 3.63) is 30.3 Å². The molecule has 0 aliphatic carbocycles. The topological polar surface area (TPSA) is 43.6 Å². The summed E-state index contributed by atoms with van der Waals surface area (Å²) in [5, 5.41) is 13.3. The van der Waals surface area contributed by atoms with E-state index in [0.717, 1.165) is 10.8 Å². The number of hydrogen-bond acceptors (Lipinski definition) is 4. The first-order valence-corrected chi connectivity index (χ1v) is 6.69.